The largest absolute Gasteiger partial charge is 0.457 e. The Morgan fingerprint density at radius 3 is 2.24 bits per heavy atom. The van der Waals surface area contributed by atoms with Crippen molar-refractivity contribution < 1.29 is 14.3 Å². The van der Waals surface area contributed by atoms with Crippen LogP contribution in [0.3, 0.4) is 0 Å². The van der Waals surface area contributed by atoms with Gasteiger partial charge in [-0.15, -0.1) is 0 Å². The molecule has 1 saturated heterocycles. The first kappa shape index (κ1) is 18.7. The molecule has 0 aromatic heterocycles. The van der Waals surface area contributed by atoms with Crippen LogP contribution in [0.2, 0.25) is 0 Å². The second kappa shape index (κ2) is 8.61. The van der Waals surface area contributed by atoms with Crippen LogP contribution in [0.25, 0.3) is 0 Å². The summed E-state index contributed by atoms with van der Waals surface area (Å²) in [7, 11) is 0. The summed E-state index contributed by atoms with van der Waals surface area (Å²) in [6.07, 6.45) is 1.53. The van der Waals surface area contributed by atoms with E-state index < -0.39 is 0 Å². The maximum atomic E-state index is 12.4. The lowest BCUT2D eigenvalue weighted by Crippen LogP contribution is -2.24. The highest BCUT2D eigenvalue weighted by atomic mass is 16.5. The highest BCUT2D eigenvalue weighted by molar-refractivity contribution is 5.95. The Labute approximate surface area is 169 Å². The summed E-state index contributed by atoms with van der Waals surface area (Å²) in [6, 6.07) is 24.3. The summed E-state index contributed by atoms with van der Waals surface area (Å²) in [5.74, 6) is 1.46. The summed E-state index contributed by atoms with van der Waals surface area (Å²) in [6.45, 7) is 1.20. The number of carbonyl (C=O) groups excluding carboxylic acids is 2. The fourth-order valence-corrected chi connectivity index (χ4v) is 3.30. The van der Waals surface area contributed by atoms with E-state index in [1.807, 2.05) is 54.6 Å². The van der Waals surface area contributed by atoms with Crippen LogP contribution in [-0.4, -0.2) is 18.4 Å². The Hall–Kier alpha value is -3.60. The molecule has 0 bridgehead atoms. The number of rotatable bonds is 6. The number of nitrogens with zero attached hydrogens (tertiary/aromatic N) is 1. The van der Waals surface area contributed by atoms with Crippen molar-refractivity contribution in [1.82, 2.24) is 5.32 Å². The van der Waals surface area contributed by atoms with Crippen LogP contribution in [0, 0.1) is 0 Å². The van der Waals surface area contributed by atoms with Crippen molar-refractivity contribution in [3.63, 3.8) is 0 Å². The van der Waals surface area contributed by atoms with Crippen LogP contribution in [0.1, 0.15) is 28.8 Å². The lowest BCUT2D eigenvalue weighted by atomic mass is 10.1. The SMILES string of the molecule is O=C(NCc1ccc(N2CCCC2=O)cc1)c1ccc(Oc2ccccc2)cc1. The smallest absolute Gasteiger partial charge is 0.251 e. The predicted molar refractivity (Wildman–Crippen MR) is 112 cm³/mol. The lowest BCUT2D eigenvalue weighted by Gasteiger charge is -2.16. The molecule has 0 atom stereocenters. The topological polar surface area (TPSA) is 58.6 Å². The van der Waals surface area contributed by atoms with Gasteiger partial charge in [-0.2, -0.15) is 0 Å². The van der Waals surface area contributed by atoms with Crippen molar-refractivity contribution >= 4 is 17.5 Å². The molecule has 1 aliphatic rings. The van der Waals surface area contributed by atoms with Crippen molar-refractivity contribution in [1.29, 1.82) is 0 Å². The minimum Gasteiger partial charge on any atom is -0.457 e. The lowest BCUT2D eigenvalue weighted by molar-refractivity contribution is -0.117. The van der Waals surface area contributed by atoms with E-state index in [1.165, 1.54) is 0 Å². The van der Waals surface area contributed by atoms with Gasteiger partial charge in [0.15, 0.2) is 0 Å². The number of nitrogens with one attached hydrogen (secondary N) is 1. The van der Waals surface area contributed by atoms with Gasteiger partial charge in [-0.3, -0.25) is 9.59 Å². The summed E-state index contributed by atoms with van der Waals surface area (Å²) in [4.78, 5) is 26.0. The molecule has 1 aliphatic heterocycles. The first-order chi connectivity index (χ1) is 14.2. The number of hydrogen-bond donors (Lipinski definition) is 1. The van der Waals surface area contributed by atoms with E-state index in [9.17, 15) is 9.59 Å². The van der Waals surface area contributed by atoms with Gasteiger partial charge in [-0.05, 0) is 60.5 Å². The van der Waals surface area contributed by atoms with Gasteiger partial charge in [0.05, 0.1) is 0 Å². The first-order valence-corrected chi connectivity index (χ1v) is 9.69. The summed E-state index contributed by atoms with van der Waals surface area (Å²) < 4.78 is 5.74. The van der Waals surface area contributed by atoms with E-state index in [2.05, 4.69) is 5.32 Å². The predicted octanol–water partition coefficient (Wildman–Crippen LogP) is 4.54. The summed E-state index contributed by atoms with van der Waals surface area (Å²) in [5.41, 5.74) is 2.47. The average molecular weight is 386 g/mol. The molecule has 0 aliphatic carbocycles. The number of anilines is 1. The van der Waals surface area contributed by atoms with Crippen molar-refractivity contribution in [3.05, 3.63) is 90.0 Å². The summed E-state index contributed by atoms with van der Waals surface area (Å²) in [5, 5.41) is 2.92. The number of ether oxygens (including phenoxy) is 1. The fraction of sp³-hybridized carbons (Fsp3) is 0.167. The Bertz CT molecular complexity index is 983. The quantitative estimate of drug-likeness (QED) is 0.677. The zero-order valence-corrected chi connectivity index (χ0v) is 16.0. The number of benzene rings is 3. The third-order valence-electron chi connectivity index (χ3n) is 4.87. The van der Waals surface area contributed by atoms with Gasteiger partial charge in [-0.25, -0.2) is 0 Å². The van der Waals surface area contributed by atoms with Crippen LogP contribution >= 0.6 is 0 Å². The van der Waals surface area contributed by atoms with Crippen molar-refractivity contribution in [3.8, 4) is 11.5 Å². The average Bonchev–Trinajstić information content (AvgIpc) is 3.19. The Morgan fingerprint density at radius 2 is 1.59 bits per heavy atom. The molecule has 5 nitrogen and oxygen atoms in total. The van der Waals surface area contributed by atoms with Crippen molar-refractivity contribution in [2.45, 2.75) is 19.4 Å². The molecule has 0 spiro atoms. The molecular weight excluding hydrogens is 364 g/mol. The minimum atomic E-state index is -0.143. The zero-order chi connectivity index (χ0) is 20.1. The van der Waals surface area contributed by atoms with Crippen LogP contribution in [0.15, 0.2) is 78.9 Å². The monoisotopic (exact) mass is 386 g/mol. The van der Waals surface area contributed by atoms with Gasteiger partial charge in [-0.1, -0.05) is 30.3 Å². The van der Waals surface area contributed by atoms with Crippen LogP contribution in [0.5, 0.6) is 11.5 Å². The molecule has 3 aromatic rings. The van der Waals surface area contributed by atoms with Crippen LogP contribution in [0.4, 0.5) is 5.69 Å². The second-order valence-electron chi connectivity index (χ2n) is 6.94. The molecule has 1 fully saturated rings. The van der Waals surface area contributed by atoms with E-state index in [1.54, 1.807) is 29.2 Å². The molecule has 0 unspecified atom stereocenters. The van der Waals surface area contributed by atoms with Gasteiger partial charge in [0.25, 0.3) is 5.91 Å². The molecule has 29 heavy (non-hydrogen) atoms. The molecule has 146 valence electrons. The Balaban J connectivity index is 1.31. The zero-order valence-electron chi connectivity index (χ0n) is 16.0. The van der Waals surface area contributed by atoms with E-state index in [0.717, 1.165) is 30.0 Å². The molecule has 1 N–H and O–H groups in total. The molecule has 4 rings (SSSR count). The van der Waals surface area contributed by atoms with E-state index in [4.69, 9.17) is 4.74 Å². The third kappa shape index (κ3) is 4.63. The normalized spacial score (nSPS) is 13.4. The van der Waals surface area contributed by atoms with Crippen LogP contribution < -0.4 is 15.0 Å². The number of hydrogen-bond acceptors (Lipinski definition) is 3. The molecule has 0 saturated carbocycles. The first-order valence-electron chi connectivity index (χ1n) is 9.69. The second-order valence-corrected chi connectivity index (χ2v) is 6.94. The van der Waals surface area contributed by atoms with Crippen LogP contribution in [-0.2, 0) is 11.3 Å². The van der Waals surface area contributed by atoms with Crippen molar-refractivity contribution in [2.24, 2.45) is 0 Å². The molecule has 5 heteroatoms. The maximum absolute atomic E-state index is 12.4. The van der Waals surface area contributed by atoms with Gasteiger partial charge in [0, 0.05) is 30.8 Å². The fourth-order valence-electron chi connectivity index (χ4n) is 3.30. The van der Waals surface area contributed by atoms with Gasteiger partial charge in [0.2, 0.25) is 5.91 Å². The van der Waals surface area contributed by atoms with Crippen molar-refractivity contribution in [2.75, 3.05) is 11.4 Å². The van der Waals surface area contributed by atoms with E-state index in [-0.39, 0.29) is 11.8 Å². The van der Waals surface area contributed by atoms with Gasteiger partial charge >= 0.3 is 0 Å². The molecule has 3 aromatic carbocycles. The van der Waals surface area contributed by atoms with E-state index in [0.29, 0.717) is 24.3 Å². The van der Waals surface area contributed by atoms with Gasteiger partial charge < -0.3 is 15.0 Å². The Kier molecular flexibility index (Phi) is 5.56. The molecule has 2 amide bonds. The van der Waals surface area contributed by atoms with E-state index >= 15 is 0 Å². The standard InChI is InChI=1S/C24H22N2O3/c27-23-7-4-16-26(23)20-12-8-18(9-13-20)17-25-24(28)19-10-14-22(15-11-19)29-21-5-2-1-3-6-21/h1-3,5-6,8-15H,4,7,16-17H2,(H,25,28). The van der Waals surface area contributed by atoms with Gasteiger partial charge in [0.1, 0.15) is 11.5 Å². The summed E-state index contributed by atoms with van der Waals surface area (Å²) >= 11 is 0. The number of para-hydroxylation sites is 1. The minimum absolute atomic E-state index is 0.143. The molecule has 0 radical (unpaired) electrons. The third-order valence-corrected chi connectivity index (χ3v) is 4.87. The number of carbonyl (C=O) groups is 2. The highest BCUT2D eigenvalue weighted by Gasteiger charge is 2.21. The highest BCUT2D eigenvalue weighted by Crippen LogP contribution is 2.22. The Morgan fingerprint density at radius 1 is 0.897 bits per heavy atom. The molecule has 1 heterocycles. The molecular formula is C24H22N2O3. The maximum Gasteiger partial charge on any atom is 0.251 e. The number of amides is 2.